The van der Waals surface area contributed by atoms with Gasteiger partial charge in [0.05, 0.1) is 25.0 Å². The van der Waals surface area contributed by atoms with E-state index >= 15 is 0 Å². The minimum absolute atomic E-state index is 0.0764. The summed E-state index contributed by atoms with van der Waals surface area (Å²) in [5, 5.41) is 7.24. The molecule has 1 amide bonds. The van der Waals surface area contributed by atoms with E-state index in [1.54, 1.807) is 42.7 Å². The van der Waals surface area contributed by atoms with Crippen molar-refractivity contribution in [2.75, 3.05) is 30.5 Å². The Balaban J connectivity index is 1.72. The van der Waals surface area contributed by atoms with Gasteiger partial charge >= 0.3 is 5.97 Å². The zero-order valence-electron chi connectivity index (χ0n) is 18.7. The number of benzene rings is 2. The van der Waals surface area contributed by atoms with Gasteiger partial charge in [0.15, 0.2) is 0 Å². The SMILES string of the molecule is CCOC(=O)C1=C(C)N(CC(=O)Nc2ccccc2OC)c2ncnn2C1c1ccccc1. The molecule has 1 aliphatic heterocycles. The number of fused-ring (bicyclic) bond motifs is 1. The lowest BCUT2D eigenvalue weighted by atomic mass is 9.95. The summed E-state index contributed by atoms with van der Waals surface area (Å²) in [4.78, 5) is 32.1. The molecule has 1 atom stereocenters. The van der Waals surface area contributed by atoms with E-state index in [-0.39, 0.29) is 19.1 Å². The zero-order valence-corrected chi connectivity index (χ0v) is 18.7. The summed E-state index contributed by atoms with van der Waals surface area (Å²) in [6.45, 7) is 3.70. The average Bonchev–Trinajstić information content (AvgIpc) is 3.31. The minimum atomic E-state index is -0.517. The van der Waals surface area contributed by atoms with Crippen molar-refractivity contribution in [1.82, 2.24) is 14.8 Å². The van der Waals surface area contributed by atoms with Gasteiger partial charge < -0.3 is 19.7 Å². The molecule has 0 bridgehead atoms. The molecule has 4 rings (SSSR count). The molecule has 2 heterocycles. The van der Waals surface area contributed by atoms with Crippen molar-refractivity contribution in [1.29, 1.82) is 0 Å². The van der Waals surface area contributed by atoms with Crippen LogP contribution in [0.25, 0.3) is 0 Å². The number of amides is 1. The monoisotopic (exact) mass is 447 g/mol. The fraction of sp³-hybridized carbons (Fsp3) is 0.250. The number of allylic oxidation sites excluding steroid dienone is 1. The number of carbonyl (C=O) groups is 2. The highest BCUT2D eigenvalue weighted by Crippen LogP contribution is 2.38. The van der Waals surface area contributed by atoms with Crippen molar-refractivity contribution < 1.29 is 19.1 Å². The lowest BCUT2D eigenvalue weighted by molar-refractivity contribution is -0.139. The van der Waals surface area contributed by atoms with Crippen LogP contribution in [0.1, 0.15) is 25.5 Å². The van der Waals surface area contributed by atoms with Gasteiger partial charge in [-0.25, -0.2) is 9.48 Å². The van der Waals surface area contributed by atoms with Crippen LogP contribution in [-0.4, -0.2) is 46.9 Å². The number of hydrogen-bond acceptors (Lipinski definition) is 7. The van der Waals surface area contributed by atoms with Crippen molar-refractivity contribution in [3.8, 4) is 5.75 Å². The van der Waals surface area contributed by atoms with E-state index in [2.05, 4.69) is 15.4 Å². The van der Waals surface area contributed by atoms with E-state index < -0.39 is 12.0 Å². The van der Waals surface area contributed by atoms with Crippen LogP contribution in [0.4, 0.5) is 11.6 Å². The fourth-order valence-corrected chi connectivity index (χ4v) is 3.92. The summed E-state index contributed by atoms with van der Waals surface area (Å²) >= 11 is 0. The fourth-order valence-electron chi connectivity index (χ4n) is 3.92. The second kappa shape index (κ2) is 9.56. The van der Waals surface area contributed by atoms with Gasteiger partial charge in [-0.05, 0) is 31.5 Å². The zero-order chi connectivity index (χ0) is 23.4. The first-order chi connectivity index (χ1) is 16.0. The number of esters is 1. The number of nitrogens with zero attached hydrogens (tertiary/aromatic N) is 4. The van der Waals surface area contributed by atoms with Gasteiger partial charge in [0.25, 0.3) is 0 Å². The lowest BCUT2D eigenvalue weighted by Gasteiger charge is -2.35. The van der Waals surface area contributed by atoms with E-state index in [9.17, 15) is 9.59 Å². The van der Waals surface area contributed by atoms with Crippen molar-refractivity contribution >= 4 is 23.5 Å². The first-order valence-corrected chi connectivity index (χ1v) is 10.6. The number of methoxy groups -OCH3 is 1. The van der Waals surface area contributed by atoms with Gasteiger partial charge in [0.2, 0.25) is 11.9 Å². The second-order valence-corrected chi connectivity index (χ2v) is 7.37. The third-order valence-corrected chi connectivity index (χ3v) is 5.40. The summed E-state index contributed by atoms with van der Waals surface area (Å²) in [5.74, 6) is 0.260. The molecule has 33 heavy (non-hydrogen) atoms. The number of aromatic nitrogens is 3. The molecular weight excluding hydrogens is 422 g/mol. The third kappa shape index (κ3) is 4.30. The molecule has 1 aromatic heterocycles. The Morgan fingerprint density at radius 3 is 2.55 bits per heavy atom. The molecule has 0 aliphatic carbocycles. The topological polar surface area (TPSA) is 98.6 Å². The average molecular weight is 447 g/mol. The predicted molar refractivity (Wildman–Crippen MR) is 123 cm³/mol. The Bertz CT molecular complexity index is 1190. The quantitative estimate of drug-likeness (QED) is 0.556. The Morgan fingerprint density at radius 1 is 1.09 bits per heavy atom. The lowest BCUT2D eigenvalue weighted by Crippen LogP contribution is -2.40. The summed E-state index contributed by atoms with van der Waals surface area (Å²) in [6.07, 6.45) is 1.41. The predicted octanol–water partition coefficient (Wildman–Crippen LogP) is 3.17. The Morgan fingerprint density at radius 2 is 1.82 bits per heavy atom. The number of para-hydroxylation sites is 2. The van der Waals surface area contributed by atoms with E-state index in [1.165, 1.54) is 6.33 Å². The maximum absolute atomic E-state index is 13.0. The maximum Gasteiger partial charge on any atom is 0.338 e. The Hall–Kier alpha value is -4.14. The van der Waals surface area contributed by atoms with Gasteiger partial charge in [-0.15, -0.1) is 0 Å². The largest absolute Gasteiger partial charge is 0.495 e. The summed E-state index contributed by atoms with van der Waals surface area (Å²) in [5.41, 5.74) is 2.41. The van der Waals surface area contributed by atoms with Crippen LogP contribution in [-0.2, 0) is 14.3 Å². The van der Waals surface area contributed by atoms with Gasteiger partial charge in [-0.1, -0.05) is 42.5 Å². The molecule has 170 valence electrons. The van der Waals surface area contributed by atoms with Crippen LogP contribution >= 0.6 is 0 Å². The van der Waals surface area contributed by atoms with Gasteiger partial charge in [0, 0.05) is 5.70 Å². The van der Waals surface area contributed by atoms with Gasteiger partial charge in [-0.2, -0.15) is 10.1 Å². The first kappa shape index (κ1) is 22.1. The highest BCUT2D eigenvalue weighted by atomic mass is 16.5. The normalized spacial score (nSPS) is 15.1. The van der Waals surface area contributed by atoms with E-state index in [0.29, 0.717) is 28.7 Å². The molecule has 1 aliphatic rings. The molecule has 9 heteroatoms. The maximum atomic E-state index is 13.0. The van der Waals surface area contributed by atoms with Crippen molar-refractivity contribution in [2.45, 2.75) is 19.9 Å². The number of carbonyl (C=O) groups excluding carboxylic acids is 2. The minimum Gasteiger partial charge on any atom is -0.495 e. The van der Waals surface area contributed by atoms with E-state index in [4.69, 9.17) is 9.47 Å². The van der Waals surface area contributed by atoms with Crippen LogP contribution in [0.2, 0.25) is 0 Å². The number of hydrogen-bond donors (Lipinski definition) is 1. The first-order valence-electron chi connectivity index (χ1n) is 10.6. The molecule has 9 nitrogen and oxygen atoms in total. The van der Waals surface area contributed by atoms with E-state index in [0.717, 1.165) is 5.56 Å². The smallest absolute Gasteiger partial charge is 0.338 e. The highest BCUT2D eigenvalue weighted by molar-refractivity contribution is 5.97. The van der Waals surface area contributed by atoms with E-state index in [1.807, 2.05) is 42.5 Å². The van der Waals surface area contributed by atoms with Gasteiger partial charge in [0.1, 0.15) is 24.7 Å². The number of ether oxygens (including phenoxy) is 2. The van der Waals surface area contributed by atoms with Crippen LogP contribution < -0.4 is 15.0 Å². The molecule has 0 fully saturated rings. The number of anilines is 2. The molecule has 1 unspecified atom stereocenters. The second-order valence-electron chi connectivity index (χ2n) is 7.37. The number of rotatable bonds is 7. The molecule has 0 saturated carbocycles. The molecule has 0 radical (unpaired) electrons. The summed E-state index contributed by atoms with van der Waals surface area (Å²) in [7, 11) is 1.54. The molecule has 0 spiro atoms. The third-order valence-electron chi connectivity index (χ3n) is 5.40. The van der Waals surface area contributed by atoms with Crippen LogP contribution in [0, 0.1) is 0 Å². The van der Waals surface area contributed by atoms with Gasteiger partial charge in [-0.3, -0.25) is 4.79 Å². The Kier molecular flexibility index (Phi) is 6.39. The van der Waals surface area contributed by atoms with Crippen LogP contribution in [0.3, 0.4) is 0 Å². The summed E-state index contributed by atoms with van der Waals surface area (Å²) in [6, 6.07) is 16.2. The van der Waals surface area contributed by atoms with Crippen LogP contribution in [0.5, 0.6) is 5.75 Å². The molecular formula is C24H25N5O4. The van der Waals surface area contributed by atoms with Crippen LogP contribution in [0.15, 0.2) is 72.2 Å². The van der Waals surface area contributed by atoms with Crippen molar-refractivity contribution in [3.05, 3.63) is 77.8 Å². The molecule has 3 aromatic rings. The molecule has 1 N–H and O–H groups in total. The summed E-state index contributed by atoms with van der Waals surface area (Å²) < 4.78 is 12.3. The molecule has 0 saturated heterocycles. The number of nitrogens with one attached hydrogen (secondary N) is 1. The standard InChI is InChI=1S/C24H25N5O4/c1-4-33-23(31)21-16(2)28(14-20(30)27-18-12-8-9-13-19(18)32-3)24-25-15-26-29(24)22(21)17-10-6-5-7-11-17/h5-13,15,22H,4,14H2,1-3H3,(H,27,30). The molecule has 2 aromatic carbocycles. The van der Waals surface area contributed by atoms with Crippen molar-refractivity contribution in [3.63, 3.8) is 0 Å². The Labute approximate surface area is 191 Å². The van der Waals surface area contributed by atoms with Crippen molar-refractivity contribution in [2.24, 2.45) is 0 Å². The highest BCUT2D eigenvalue weighted by Gasteiger charge is 2.38.